The van der Waals surface area contributed by atoms with E-state index in [9.17, 15) is 9.90 Å². The Morgan fingerprint density at radius 2 is 2.10 bits per heavy atom. The summed E-state index contributed by atoms with van der Waals surface area (Å²) in [5.74, 6) is -0.316. The summed E-state index contributed by atoms with van der Waals surface area (Å²) in [6, 6.07) is 15.2. The van der Waals surface area contributed by atoms with Crippen LogP contribution in [0.2, 0.25) is 0 Å². The molecule has 2 atom stereocenters. The molecule has 6 nitrogen and oxygen atoms in total. The van der Waals surface area contributed by atoms with Crippen LogP contribution in [0.25, 0.3) is 10.9 Å². The molecular weight excluding hydrogens is 390 g/mol. The van der Waals surface area contributed by atoms with E-state index >= 15 is 0 Å². The first-order chi connectivity index (χ1) is 15.1. The predicted molar refractivity (Wildman–Crippen MR) is 121 cm³/mol. The molecule has 4 rings (SSSR count). The number of rotatable bonds is 9. The number of benzene rings is 2. The molecule has 1 aliphatic rings. The Labute approximate surface area is 182 Å². The van der Waals surface area contributed by atoms with Crippen LogP contribution in [0.5, 0.6) is 0 Å². The molecule has 0 bridgehead atoms. The zero-order valence-corrected chi connectivity index (χ0v) is 18.0. The van der Waals surface area contributed by atoms with Crippen LogP contribution in [0.1, 0.15) is 54.0 Å². The Balaban J connectivity index is 1.48. The van der Waals surface area contributed by atoms with Gasteiger partial charge in [-0.05, 0) is 53.5 Å². The number of nitrogens with one attached hydrogen (secondary N) is 2. The van der Waals surface area contributed by atoms with Crippen molar-refractivity contribution in [2.45, 2.75) is 44.6 Å². The SMILES string of the molecule is CC(CC(=O)NO)c1ccc2c(c1)CCC2N(CCO)CCc1c[nH]c2ccccc12. The highest BCUT2D eigenvalue weighted by atomic mass is 16.5. The van der Waals surface area contributed by atoms with Gasteiger partial charge in [-0.15, -0.1) is 0 Å². The number of hydroxylamine groups is 1. The standard InChI is InChI=1S/C25H31N3O3/c1-17(14-25(30)27-31)18-6-8-22-19(15-18)7-9-24(22)28(12-13-29)11-10-20-16-26-23-5-3-2-4-21(20)23/h2-6,8,15-17,24,26,29,31H,7,9-14H2,1H3,(H,27,30). The number of aliphatic hydroxyl groups is 1. The van der Waals surface area contributed by atoms with E-state index in [1.165, 1.54) is 22.1 Å². The molecule has 4 N–H and O–H groups in total. The third-order valence-electron chi connectivity index (χ3n) is 6.57. The van der Waals surface area contributed by atoms with E-state index < -0.39 is 0 Å². The molecule has 0 saturated carbocycles. The van der Waals surface area contributed by atoms with Crippen molar-refractivity contribution >= 4 is 16.8 Å². The van der Waals surface area contributed by atoms with E-state index in [0.717, 1.165) is 36.9 Å². The number of H-pyrrole nitrogens is 1. The molecule has 2 aromatic carbocycles. The molecule has 31 heavy (non-hydrogen) atoms. The summed E-state index contributed by atoms with van der Waals surface area (Å²) in [6.45, 7) is 3.69. The van der Waals surface area contributed by atoms with Crippen molar-refractivity contribution in [2.24, 2.45) is 0 Å². The van der Waals surface area contributed by atoms with Gasteiger partial charge in [-0.25, -0.2) is 5.48 Å². The van der Waals surface area contributed by atoms with Crippen molar-refractivity contribution < 1.29 is 15.1 Å². The second kappa shape index (κ2) is 9.64. The lowest BCUT2D eigenvalue weighted by atomic mass is 9.94. The maximum atomic E-state index is 11.5. The zero-order valence-electron chi connectivity index (χ0n) is 18.0. The molecule has 3 aromatic rings. The Kier molecular flexibility index (Phi) is 6.70. The van der Waals surface area contributed by atoms with Crippen molar-refractivity contribution in [3.05, 3.63) is 70.9 Å². The highest BCUT2D eigenvalue weighted by Gasteiger charge is 2.28. The highest BCUT2D eigenvalue weighted by Crippen LogP contribution is 2.37. The van der Waals surface area contributed by atoms with Crippen molar-refractivity contribution in [3.63, 3.8) is 0 Å². The van der Waals surface area contributed by atoms with E-state index in [1.54, 1.807) is 5.48 Å². The minimum atomic E-state index is -0.364. The first-order valence-corrected chi connectivity index (χ1v) is 11.1. The number of nitrogens with zero attached hydrogens (tertiary/aromatic N) is 1. The average molecular weight is 422 g/mol. The third-order valence-corrected chi connectivity index (χ3v) is 6.57. The quantitative estimate of drug-likeness (QED) is 0.313. The molecule has 0 fully saturated rings. The highest BCUT2D eigenvalue weighted by molar-refractivity contribution is 5.83. The topological polar surface area (TPSA) is 88.6 Å². The van der Waals surface area contributed by atoms with Crippen LogP contribution in [-0.4, -0.2) is 45.8 Å². The van der Waals surface area contributed by atoms with Crippen LogP contribution in [0.4, 0.5) is 0 Å². The van der Waals surface area contributed by atoms with Gasteiger partial charge in [0.25, 0.3) is 0 Å². The molecule has 1 aliphatic carbocycles. The number of aliphatic hydroxyl groups excluding tert-OH is 1. The molecular formula is C25H31N3O3. The maximum Gasteiger partial charge on any atom is 0.243 e. The number of hydrogen-bond acceptors (Lipinski definition) is 4. The molecule has 1 amide bonds. The van der Waals surface area contributed by atoms with Gasteiger partial charge in [-0.1, -0.05) is 43.3 Å². The lowest BCUT2D eigenvalue weighted by Gasteiger charge is -2.29. The van der Waals surface area contributed by atoms with Crippen molar-refractivity contribution in [1.82, 2.24) is 15.4 Å². The number of fused-ring (bicyclic) bond motifs is 2. The van der Waals surface area contributed by atoms with Gasteiger partial charge in [-0.3, -0.25) is 14.9 Å². The average Bonchev–Trinajstić information content (AvgIpc) is 3.40. The summed E-state index contributed by atoms with van der Waals surface area (Å²) in [5, 5.41) is 19.7. The molecule has 0 radical (unpaired) electrons. The summed E-state index contributed by atoms with van der Waals surface area (Å²) < 4.78 is 0. The lowest BCUT2D eigenvalue weighted by molar-refractivity contribution is -0.129. The summed E-state index contributed by atoms with van der Waals surface area (Å²) in [5.41, 5.74) is 7.97. The van der Waals surface area contributed by atoms with Crippen LogP contribution >= 0.6 is 0 Å². The summed E-state index contributed by atoms with van der Waals surface area (Å²) >= 11 is 0. The van der Waals surface area contributed by atoms with Gasteiger partial charge in [-0.2, -0.15) is 0 Å². The molecule has 2 unspecified atom stereocenters. The maximum absolute atomic E-state index is 11.5. The first-order valence-electron chi connectivity index (χ1n) is 11.1. The molecule has 0 saturated heterocycles. The third kappa shape index (κ3) is 4.66. The summed E-state index contributed by atoms with van der Waals surface area (Å²) in [7, 11) is 0. The smallest absolute Gasteiger partial charge is 0.243 e. The second-order valence-electron chi connectivity index (χ2n) is 8.52. The van der Waals surface area contributed by atoms with Crippen molar-refractivity contribution in [1.29, 1.82) is 0 Å². The fourth-order valence-corrected chi connectivity index (χ4v) is 4.90. The molecule has 164 valence electrons. The van der Waals surface area contributed by atoms with E-state index in [2.05, 4.69) is 52.5 Å². The van der Waals surface area contributed by atoms with Crippen molar-refractivity contribution in [3.8, 4) is 0 Å². The Hall–Kier alpha value is -2.67. The van der Waals surface area contributed by atoms with E-state index in [1.807, 2.05) is 13.0 Å². The van der Waals surface area contributed by atoms with Crippen LogP contribution in [0, 0.1) is 0 Å². The second-order valence-corrected chi connectivity index (χ2v) is 8.52. The van der Waals surface area contributed by atoms with Crippen LogP contribution < -0.4 is 5.48 Å². The number of carbonyl (C=O) groups excluding carboxylic acids is 1. The van der Waals surface area contributed by atoms with E-state index in [4.69, 9.17) is 5.21 Å². The van der Waals surface area contributed by atoms with Gasteiger partial charge in [0.1, 0.15) is 0 Å². The Bertz CT molecular complexity index is 1050. The predicted octanol–water partition coefficient (Wildman–Crippen LogP) is 3.69. The monoisotopic (exact) mass is 421 g/mol. The normalized spacial score (nSPS) is 16.6. The van der Waals surface area contributed by atoms with E-state index in [-0.39, 0.29) is 24.9 Å². The van der Waals surface area contributed by atoms with Gasteiger partial charge in [0, 0.05) is 42.7 Å². The van der Waals surface area contributed by atoms with Gasteiger partial charge >= 0.3 is 0 Å². The van der Waals surface area contributed by atoms with Crippen molar-refractivity contribution in [2.75, 3.05) is 19.7 Å². The Morgan fingerprint density at radius 1 is 1.26 bits per heavy atom. The number of hydrogen-bond donors (Lipinski definition) is 4. The number of para-hydroxylation sites is 1. The number of aromatic amines is 1. The number of amides is 1. The molecule has 0 aliphatic heterocycles. The minimum absolute atomic E-state index is 0.0481. The Morgan fingerprint density at radius 3 is 2.90 bits per heavy atom. The van der Waals surface area contributed by atoms with Gasteiger partial charge in [0.2, 0.25) is 5.91 Å². The summed E-state index contributed by atoms with van der Waals surface area (Å²) in [4.78, 5) is 17.3. The summed E-state index contributed by atoms with van der Waals surface area (Å²) in [6.07, 6.45) is 5.34. The lowest BCUT2D eigenvalue weighted by Crippen LogP contribution is -2.32. The van der Waals surface area contributed by atoms with Gasteiger partial charge in [0.15, 0.2) is 0 Å². The number of aryl methyl sites for hydroxylation is 1. The van der Waals surface area contributed by atoms with E-state index in [0.29, 0.717) is 12.6 Å². The fraction of sp³-hybridized carbons (Fsp3) is 0.400. The van der Waals surface area contributed by atoms with Crippen LogP contribution in [-0.2, 0) is 17.6 Å². The molecule has 1 aromatic heterocycles. The molecule has 1 heterocycles. The largest absolute Gasteiger partial charge is 0.395 e. The first kappa shape index (κ1) is 21.6. The van der Waals surface area contributed by atoms with Gasteiger partial charge < -0.3 is 10.1 Å². The van der Waals surface area contributed by atoms with Gasteiger partial charge in [0.05, 0.1) is 6.61 Å². The number of carbonyl (C=O) groups is 1. The molecule has 0 spiro atoms. The zero-order chi connectivity index (χ0) is 21.8. The number of aromatic nitrogens is 1. The fourth-order valence-electron chi connectivity index (χ4n) is 4.90. The van der Waals surface area contributed by atoms with Crippen LogP contribution in [0.3, 0.4) is 0 Å². The van der Waals surface area contributed by atoms with Crippen LogP contribution in [0.15, 0.2) is 48.7 Å². The molecule has 6 heteroatoms. The minimum Gasteiger partial charge on any atom is -0.395 e.